The summed E-state index contributed by atoms with van der Waals surface area (Å²) in [5, 5.41) is 6.58. The molecule has 0 saturated heterocycles. The standard InChI is InChI=1S/C7H12N4O2S/c1-5-9-10-7(14)11(5)2-3-13-4-6(8)12/h2-4H2,1H3,(H2,8,12)(H,10,14). The summed E-state index contributed by atoms with van der Waals surface area (Å²) in [5.41, 5.74) is 4.90. The third-order valence-corrected chi connectivity index (χ3v) is 1.96. The Morgan fingerprint density at radius 2 is 2.50 bits per heavy atom. The quantitative estimate of drug-likeness (QED) is 0.525. The largest absolute Gasteiger partial charge is 0.370 e. The average Bonchev–Trinajstić information content (AvgIpc) is 2.42. The minimum Gasteiger partial charge on any atom is -0.370 e. The second-order valence-corrected chi connectivity index (χ2v) is 3.13. The van der Waals surface area contributed by atoms with Crippen LogP contribution in [0.1, 0.15) is 5.82 Å². The van der Waals surface area contributed by atoms with Gasteiger partial charge in [0.05, 0.1) is 13.2 Å². The molecule has 78 valence electrons. The predicted molar refractivity (Wildman–Crippen MR) is 52.2 cm³/mol. The van der Waals surface area contributed by atoms with Gasteiger partial charge in [-0.15, -0.1) is 0 Å². The predicted octanol–water partition coefficient (Wildman–Crippen LogP) is -0.249. The molecular formula is C7H12N4O2S. The van der Waals surface area contributed by atoms with Crippen LogP contribution in [0.25, 0.3) is 0 Å². The summed E-state index contributed by atoms with van der Waals surface area (Å²) in [4.78, 5) is 10.3. The second-order valence-electron chi connectivity index (χ2n) is 2.75. The molecule has 1 heterocycles. The molecule has 1 rings (SSSR count). The van der Waals surface area contributed by atoms with E-state index in [4.69, 9.17) is 22.7 Å². The minimum atomic E-state index is -0.475. The van der Waals surface area contributed by atoms with Crippen molar-refractivity contribution in [3.8, 4) is 0 Å². The van der Waals surface area contributed by atoms with Crippen molar-refractivity contribution < 1.29 is 9.53 Å². The topological polar surface area (TPSA) is 85.9 Å². The van der Waals surface area contributed by atoms with Gasteiger partial charge in [0.2, 0.25) is 5.91 Å². The van der Waals surface area contributed by atoms with E-state index in [1.807, 2.05) is 6.92 Å². The van der Waals surface area contributed by atoms with Crippen LogP contribution in [0.15, 0.2) is 0 Å². The Balaban J connectivity index is 2.38. The molecule has 1 aromatic rings. The van der Waals surface area contributed by atoms with Gasteiger partial charge in [0, 0.05) is 0 Å². The number of carbonyl (C=O) groups is 1. The number of primary amides is 1. The van der Waals surface area contributed by atoms with Crippen molar-refractivity contribution in [3.05, 3.63) is 10.6 Å². The van der Waals surface area contributed by atoms with Crippen LogP contribution in [0.3, 0.4) is 0 Å². The molecule has 1 amide bonds. The number of hydrogen-bond acceptors (Lipinski definition) is 4. The van der Waals surface area contributed by atoms with E-state index >= 15 is 0 Å². The van der Waals surface area contributed by atoms with E-state index in [-0.39, 0.29) is 6.61 Å². The number of carbonyl (C=O) groups excluding carboxylic acids is 1. The highest BCUT2D eigenvalue weighted by molar-refractivity contribution is 7.71. The van der Waals surface area contributed by atoms with Crippen LogP contribution >= 0.6 is 12.2 Å². The Kier molecular flexibility index (Phi) is 3.78. The molecule has 0 aliphatic heterocycles. The number of nitrogens with zero attached hydrogens (tertiary/aromatic N) is 2. The third kappa shape index (κ3) is 2.93. The Morgan fingerprint density at radius 1 is 1.79 bits per heavy atom. The van der Waals surface area contributed by atoms with Gasteiger partial charge in [-0.05, 0) is 19.1 Å². The van der Waals surface area contributed by atoms with Crippen molar-refractivity contribution in [1.82, 2.24) is 14.8 Å². The van der Waals surface area contributed by atoms with Crippen molar-refractivity contribution in [2.75, 3.05) is 13.2 Å². The number of hydrogen-bond donors (Lipinski definition) is 2. The summed E-state index contributed by atoms with van der Waals surface area (Å²) < 4.78 is 7.33. The van der Waals surface area contributed by atoms with Crippen molar-refractivity contribution in [1.29, 1.82) is 0 Å². The number of aryl methyl sites for hydroxylation is 1. The lowest BCUT2D eigenvalue weighted by atomic mass is 10.6. The molecular weight excluding hydrogens is 204 g/mol. The average molecular weight is 216 g/mol. The van der Waals surface area contributed by atoms with Crippen LogP contribution in [0, 0.1) is 11.7 Å². The van der Waals surface area contributed by atoms with E-state index in [0.717, 1.165) is 5.82 Å². The van der Waals surface area contributed by atoms with Crippen LogP contribution in [-0.4, -0.2) is 33.9 Å². The van der Waals surface area contributed by atoms with Gasteiger partial charge in [-0.1, -0.05) is 0 Å². The first-order valence-electron chi connectivity index (χ1n) is 4.09. The molecule has 0 radical (unpaired) electrons. The number of nitrogens with two attached hydrogens (primary N) is 1. The first-order chi connectivity index (χ1) is 6.61. The molecule has 0 atom stereocenters. The maximum atomic E-state index is 10.3. The number of ether oxygens (including phenoxy) is 1. The molecule has 0 aliphatic carbocycles. The van der Waals surface area contributed by atoms with E-state index in [9.17, 15) is 4.79 Å². The van der Waals surface area contributed by atoms with Crippen LogP contribution < -0.4 is 5.73 Å². The van der Waals surface area contributed by atoms with E-state index in [1.165, 1.54) is 0 Å². The van der Waals surface area contributed by atoms with Gasteiger partial charge in [-0.25, -0.2) is 0 Å². The fourth-order valence-electron chi connectivity index (χ4n) is 0.988. The van der Waals surface area contributed by atoms with E-state index in [0.29, 0.717) is 17.9 Å². The van der Waals surface area contributed by atoms with E-state index in [1.54, 1.807) is 4.57 Å². The molecule has 0 spiro atoms. The number of aromatic amines is 1. The normalized spacial score (nSPS) is 10.4. The maximum absolute atomic E-state index is 10.3. The molecule has 3 N–H and O–H groups in total. The van der Waals surface area contributed by atoms with Gasteiger partial charge in [-0.3, -0.25) is 9.89 Å². The fourth-order valence-corrected chi connectivity index (χ4v) is 1.26. The number of rotatable bonds is 5. The fraction of sp³-hybridized carbons (Fsp3) is 0.571. The zero-order valence-corrected chi connectivity index (χ0v) is 8.63. The monoisotopic (exact) mass is 216 g/mol. The van der Waals surface area contributed by atoms with Crippen molar-refractivity contribution >= 4 is 18.1 Å². The minimum absolute atomic E-state index is 0.0653. The number of amides is 1. The van der Waals surface area contributed by atoms with Crippen molar-refractivity contribution in [3.63, 3.8) is 0 Å². The Labute approximate surface area is 86.1 Å². The van der Waals surface area contributed by atoms with Gasteiger partial charge in [-0.2, -0.15) is 5.10 Å². The van der Waals surface area contributed by atoms with Crippen LogP contribution in [0.5, 0.6) is 0 Å². The lowest BCUT2D eigenvalue weighted by Crippen LogP contribution is -2.19. The molecule has 0 fully saturated rings. The Bertz CT molecular complexity index is 370. The summed E-state index contributed by atoms with van der Waals surface area (Å²) in [6.07, 6.45) is 0. The van der Waals surface area contributed by atoms with Gasteiger partial charge in [0.1, 0.15) is 12.4 Å². The molecule has 7 heteroatoms. The van der Waals surface area contributed by atoms with Gasteiger partial charge in [0.25, 0.3) is 0 Å². The van der Waals surface area contributed by atoms with Gasteiger partial charge in [0.15, 0.2) is 4.77 Å². The smallest absolute Gasteiger partial charge is 0.243 e. The zero-order valence-electron chi connectivity index (χ0n) is 7.82. The van der Waals surface area contributed by atoms with Crippen LogP contribution in [0.2, 0.25) is 0 Å². The Hall–Kier alpha value is -1.21. The lowest BCUT2D eigenvalue weighted by molar-refractivity contribution is -0.122. The molecule has 0 aromatic carbocycles. The zero-order chi connectivity index (χ0) is 10.6. The van der Waals surface area contributed by atoms with Gasteiger partial charge < -0.3 is 15.0 Å². The molecule has 0 unspecified atom stereocenters. The van der Waals surface area contributed by atoms with E-state index in [2.05, 4.69) is 10.2 Å². The van der Waals surface area contributed by atoms with Crippen molar-refractivity contribution in [2.45, 2.75) is 13.5 Å². The van der Waals surface area contributed by atoms with E-state index < -0.39 is 5.91 Å². The van der Waals surface area contributed by atoms with Crippen molar-refractivity contribution in [2.24, 2.45) is 5.73 Å². The molecule has 6 nitrogen and oxygen atoms in total. The van der Waals surface area contributed by atoms with Crippen LogP contribution in [0.4, 0.5) is 0 Å². The first-order valence-corrected chi connectivity index (χ1v) is 4.50. The lowest BCUT2D eigenvalue weighted by Gasteiger charge is -2.03. The summed E-state index contributed by atoms with van der Waals surface area (Å²) >= 11 is 4.97. The summed E-state index contributed by atoms with van der Waals surface area (Å²) in [6, 6.07) is 0. The maximum Gasteiger partial charge on any atom is 0.243 e. The molecule has 1 aromatic heterocycles. The molecule has 0 aliphatic rings. The van der Waals surface area contributed by atoms with Crippen LogP contribution in [-0.2, 0) is 16.1 Å². The second kappa shape index (κ2) is 4.87. The highest BCUT2D eigenvalue weighted by Gasteiger charge is 2.00. The number of H-pyrrole nitrogens is 1. The Morgan fingerprint density at radius 3 is 3.00 bits per heavy atom. The number of nitrogens with one attached hydrogen (secondary N) is 1. The SMILES string of the molecule is Cc1n[nH]c(=S)n1CCOCC(N)=O. The van der Waals surface area contributed by atoms with Gasteiger partial charge >= 0.3 is 0 Å². The highest BCUT2D eigenvalue weighted by Crippen LogP contribution is 1.95. The summed E-state index contributed by atoms with van der Waals surface area (Å²) in [6.45, 7) is 2.72. The first kappa shape index (κ1) is 10.9. The third-order valence-electron chi connectivity index (χ3n) is 1.65. The molecule has 0 bridgehead atoms. The summed E-state index contributed by atoms with van der Waals surface area (Å²) in [5.74, 6) is 0.315. The summed E-state index contributed by atoms with van der Waals surface area (Å²) in [7, 11) is 0. The molecule has 14 heavy (non-hydrogen) atoms. The highest BCUT2D eigenvalue weighted by atomic mass is 32.1. The number of aromatic nitrogens is 3. The molecule has 0 saturated carbocycles.